The highest BCUT2D eigenvalue weighted by Crippen LogP contribution is 2.25. The normalized spacial score (nSPS) is 12.6. The number of pyridine rings is 1. The van der Waals surface area contributed by atoms with E-state index < -0.39 is 0 Å². The number of aromatic amines is 1. The van der Waals surface area contributed by atoms with Gasteiger partial charge in [-0.3, -0.25) is 5.10 Å². The van der Waals surface area contributed by atoms with E-state index in [-0.39, 0.29) is 6.04 Å². The number of nitrogens with two attached hydrogens (primary N) is 1. The summed E-state index contributed by atoms with van der Waals surface area (Å²) >= 11 is 1.48. The van der Waals surface area contributed by atoms with E-state index >= 15 is 0 Å². The average molecular weight is 249 g/mol. The maximum absolute atomic E-state index is 5.97. The smallest absolute Gasteiger partial charge is 0.189 e. The summed E-state index contributed by atoms with van der Waals surface area (Å²) in [6.45, 7) is 2.09. The monoisotopic (exact) mass is 249 g/mol. The number of aromatic nitrogens is 4. The van der Waals surface area contributed by atoms with Crippen LogP contribution in [0.3, 0.4) is 0 Å². The Kier molecular flexibility index (Phi) is 4.11. The Morgan fingerprint density at radius 1 is 1.47 bits per heavy atom. The molecule has 0 spiro atoms. The number of nitrogens with one attached hydrogen (secondary N) is 1. The van der Waals surface area contributed by atoms with Gasteiger partial charge in [0.1, 0.15) is 11.4 Å². The van der Waals surface area contributed by atoms with Gasteiger partial charge in [-0.25, -0.2) is 9.97 Å². The quantitative estimate of drug-likeness (QED) is 0.841. The lowest BCUT2D eigenvalue weighted by Gasteiger charge is -2.11. The maximum atomic E-state index is 5.97. The van der Waals surface area contributed by atoms with Crippen LogP contribution in [0.1, 0.15) is 18.9 Å². The van der Waals surface area contributed by atoms with Crippen molar-refractivity contribution in [2.24, 2.45) is 5.73 Å². The molecule has 5 nitrogen and oxygen atoms in total. The van der Waals surface area contributed by atoms with E-state index in [0.717, 1.165) is 28.6 Å². The first-order valence-corrected chi connectivity index (χ1v) is 6.34. The third kappa shape index (κ3) is 3.28. The molecule has 2 rings (SSSR count). The molecular weight excluding hydrogens is 234 g/mol. The standard InChI is InChI=1S/C11H15N5S/c1-2-9(12)6-8-4-3-5-13-10(8)17-11-14-7-15-16-11/h3-5,7,9H,2,6,12H2,1H3,(H,14,15,16). The Labute approximate surface area is 104 Å². The van der Waals surface area contributed by atoms with Crippen molar-refractivity contribution in [3.8, 4) is 0 Å². The fourth-order valence-electron chi connectivity index (χ4n) is 1.43. The summed E-state index contributed by atoms with van der Waals surface area (Å²) in [7, 11) is 0. The molecule has 1 unspecified atom stereocenters. The van der Waals surface area contributed by atoms with E-state index in [1.807, 2.05) is 6.07 Å². The number of rotatable bonds is 5. The third-order valence-electron chi connectivity index (χ3n) is 2.44. The lowest BCUT2D eigenvalue weighted by molar-refractivity contribution is 0.637. The molecule has 0 bridgehead atoms. The summed E-state index contributed by atoms with van der Waals surface area (Å²) in [6.07, 6.45) is 5.06. The first kappa shape index (κ1) is 12.1. The second-order valence-corrected chi connectivity index (χ2v) is 4.71. The fraction of sp³-hybridized carbons (Fsp3) is 0.364. The van der Waals surface area contributed by atoms with Gasteiger partial charge in [0.05, 0.1) is 0 Å². The molecular formula is C11H15N5S. The molecule has 3 N–H and O–H groups in total. The van der Waals surface area contributed by atoms with Crippen molar-refractivity contribution in [2.75, 3.05) is 0 Å². The molecule has 2 aromatic rings. The van der Waals surface area contributed by atoms with Crippen LogP contribution in [0.2, 0.25) is 0 Å². The maximum Gasteiger partial charge on any atom is 0.189 e. The van der Waals surface area contributed by atoms with Gasteiger partial charge in [0.15, 0.2) is 5.16 Å². The van der Waals surface area contributed by atoms with Crippen molar-refractivity contribution >= 4 is 11.8 Å². The topological polar surface area (TPSA) is 80.5 Å². The van der Waals surface area contributed by atoms with Gasteiger partial charge in [-0.2, -0.15) is 5.10 Å². The summed E-state index contributed by atoms with van der Waals surface area (Å²) in [4.78, 5) is 8.44. The minimum absolute atomic E-state index is 0.174. The van der Waals surface area contributed by atoms with Crippen molar-refractivity contribution < 1.29 is 0 Å². The molecule has 0 aliphatic carbocycles. The predicted molar refractivity (Wildman–Crippen MR) is 66.7 cm³/mol. The van der Waals surface area contributed by atoms with Crippen LogP contribution in [0.4, 0.5) is 0 Å². The van der Waals surface area contributed by atoms with Crippen LogP contribution < -0.4 is 5.73 Å². The number of hydrogen-bond acceptors (Lipinski definition) is 5. The molecule has 0 amide bonds. The lowest BCUT2D eigenvalue weighted by Crippen LogP contribution is -2.21. The number of nitrogens with zero attached hydrogens (tertiary/aromatic N) is 3. The Morgan fingerprint density at radius 2 is 2.35 bits per heavy atom. The summed E-state index contributed by atoms with van der Waals surface area (Å²) in [5, 5.41) is 8.31. The first-order valence-electron chi connectivity index (χ1n) is 5.52. The Morgan fingerprint density at radius 3 is 3.06 bits per heavy atom. The van der Waals surface area contributed by atoms with Crippen molar-refractivity contribution in [1.82, 2.24) is 20.2 Å². The summed E-state index contributed by atoms with van der Waals surface area (Å²) in [5.74, 6) is 0. The van der Waals surface area contributed by atoms with Gasteiger partial charge < -0.3 is 5.73 Å². The molecule has 2 aromatic heterocycles. The van der Waals surface area contributed by atoms with E-state index in [9.17, 15) is 0 Å². The van der Waals surface area contributed by atoms with Crippen LogP contribution in [0, 0.1) is 0 Å². The fourth-order valence-corrected chi connectivity index (χ4v) is 2.21. The van der Waals surface area contributed by atoms with E-state index in [0.29, 0.717) is 0 Å². The van der Waals surface area contributed by atoms with Crippen LogP contribution >= 0.6 is 11.8 Å². The highest BCUT2D eigenvalue weighted by molar-refractivity contribution is 7.99. The molecule has 17 heavy (non-hydrogen) atoms. The molecule has 2 heterocycles. The highest BCUT2D eigenvalue weighted by atomic mass is 32.2. The number of hydrogen-bond donors (Lipinski definition) is 2. The van der Waals surface area contributed by atoms with Gasteiger partial charge in [0.2, 0.25) is 0 Å². The van der Waals surface area contributed by atoms with Crippen LogP contribution in [0.15, 0.2) is 34.8 Å². The van der Waals surface area contributed by atoms with Gasteiger partial charge in [0, 0.05) is 12.2 Å². The van der Waals surface area contributed by atoms with Gasteiger partial charge in [-0.15, -0.1) is 0 Å². The van der Waals surface area contributed by atoms with Crippen molar-refractivity contribution in [3.63, 3.8) is 0 Å². The van der Waals surface area contributed by atoms with E-state index in [1.165, 1.54) is 18.1 Å². The molecule has 0 saturated carbocycles. The minimum atomic E-state index is 0.174. The molecule has 6 heteroatoms. The molecule has 1 atom stereocenters. The largest absolute Gasteiger partial charge is 0.327 e. The van der Waals surface area contributed by atoms with Crippen LogP contribution in [-0.4, -0.2) is 26.2 Å². The third-order valence-corrected chi connectivity index (χ3v) is 3.39. The van der Waals surface area contributed by atoms with E-state index in [4.69, 9.17) is 5.73 Å². The lowest BCUT2D eigenvalue weighted by atomic mass is 10.1. The van der Waals surface area contributed by atoms with Gasteiger partial charge in [-0.05, 0) is 36.2 Å². The van der Waals surface area contributed by atoms with Crippen molar-refractivity contribution in [3.05, 3.63) is 30.2 Å². The van der Waals surface area contributed by atoms with Gasteiger partial charge in [0.25, 0.3) is 0 Å². The summed E-state index contributed by atoms with van der Waals surface area (Å²) in [6, 6.07) is 4.16. The zero-order valence-electron chi connectivity index (χ0n) is 9.63. The predicted octanol–water partition coefficient (Wildman–Crippen LogP) is 1.63. The Balaban J connectivity index is 2.15. The van der Waals surface area contributed by atoms with E-state index in [2.05, 4.69) is 33.2 Å². The van der Waals surface area contributed by atoms with Crippen molar-refractivity contribution in [1.29, 1.82) is 0 Å². The first-order chi connectivity index (χ1) is 8.29. The second kappa shape index (κ2) is 5.79. The average Bonchev–Trinajstić information content (AvgIpc) is 2.84. The molecule has 0 aliphatic rings. The molecule has 0 radical (unpaired) electrons. The zero-order chi connectivity index (χ0) is 12.1. The van der Waals surface area contributed by atoms with Crippen LogP contribution in [0.5, 0.6) is 0 Å². The van der Waals surface area contributed by atoms with Gasteiger partial charge >= 0.3 is 0 Å². The molecule has 0 aromatic carbocycles. The summed E-state index contributed by atoms with van der Waals surface area (Å²) in [5.41, 5.74) is 7.13. The highest BCUT2D eigenvalue weighted by Gasteiger charge is 2.10. The molecule has 0 fully saturated rings. The Hall–Kier alpha value is -1.40. The minimum Gasteiger partial charge on any atom is -0.327 e. The number of H-pyrrole nitrogens is 1. The second-order valence-electron chi connectivity index (χ2n) is 3.73. The SMILES string of the molecule is CCC(N)Cc1cccnc1Sc1ncn[nH]1. The van der Waals surface area contributed by atoms with Crippen LogP contribution in [-0.2, 0) is 6.42 Å². The summed E-state index contributed by atoms with van der Waals surface area (Å²) < 4.78 is 0. The molecule has 0 saturated heterocycles. The zero-order valence-corrected chi connectivity index (χ0v) is 10.4. The molecule has 0 aliphatic heterocycles. The Bertz CT molecular complexity index is 457. The van der Waals surface area contributed by atoms with Crippen LogP contribution in [0.25, 0.3) is 0 Å². The van der Waals surface area contributed by atoms with E-state index in [1.54, 1.807) is 6.20 Å². The van der Waals surface area contributed by atoms with Crippen molar-refractivity contribution in [2.45, 2.75) is 36.0 Å². The van der Waals surface area contributed by atoms with Gasteiger partial charge in [-0.1, -0.05) is 13.0 Å². The molecule has 90 valence electrons.